The Bertz CT molecular complexity index is 1200. The SMILES string of the molecule is CC(C)C1CC(C)(C2C3C=C(C(C)(C)C)C=CC3C3C=CC(C(C)(C)C)=CC32)C2CC(C34CC5CC(CC(C5)C3)C4)CC12.[CH3-].[CH3-].[Cl][Zr+2][Cl]. The molecule has 9 atom stereocenters. The predicted octanol–water partition coefficient (Wildman–Crippen LogP) is 14.0. The predicted molar refractivity (Wildman–Crippen MR) is 207 cm³/mol. The standard InChI is InChI=1S/C43H64.2CH3.2ClH.Zr/c1-25(2)37-24-42(9,38-20-31(19-34(37)38)43-21-26-14-27(22-43)16-28(15-26)23-43)39-35-17-29(40(3,4)5)10-12-32(35)33-13-11-30(18-36(33)39)41(6,7)8;;;;;/h10-13,17-18,25-28,31-39H,14-16,19-24H2,1-9H3;2*1H3;2*1H;/q;2*-1;;;+4/p-2. The van der Waals surface area contributed by atoms with E-state index in [0.717, 1.165) is 58.7 Å². The fraction of sp³-hybridized carbons (Fsp3) is 0.778. The van der Waals surface area contributed by atoms with E-state index in [4.69, 9.17) is 17.0 Å². The minimum absolute atomic E-state index is 0. The van der Waals surface area contributed by atoms with Gasteiger partial charge in [0.15, 0.2) is 0 Å². The number of hydrogen-bond acceptors (Lipinski definition) is 0. The summed E-state index contributed by atoms with van der Waals surface area (Å²) in [6.07, 6.45) is 30.3. The van der Waals surface area contributed by atoms with Crippen molar-refractivity contribution in [3.63, 3.8) is 0 Å². The van der Waals surface area contributed by atoms with Crippen molar-refractivity contribution in [3.8, 4) is 0 Å². The van der Waals surface area contributed by atoms with Gasteiger partial charge in [0.2, 0.25) is 0 Å². The Morgan fingerprint density at radius 3 is 1.52 bits per heavy atom. The first-order chi connectivity index (χ1) is 21.6. The summed E-state index contributed by atoms with van der Waals surface area (Å²) in [6.45, 7) is 22.7. The van der Waals surface area contributed by atoms with E-state index in [1.165, 1.54) is 6.42 Å². The molecule has 0 aromatic carbocycles. The Balaban J connectivity index is 0.000000871. The molecule has 0 radical (unpaired) electrons. The molecule has 3 heteroatoms. The number of fused-ring (bicyclic) bond motifs is 4. The molecule has 4 bridgehead atoms. The molecule has 0 saturated heterocycles. The van der Waals surface area contributed by atoms with Gasteiger partial charge in [-0.05, 0) is 168 Å². The van der Waals surface area contributed by atoms with E-state index in [1.54, 1.807) is 62.5 Å². The van der Waals surface area contributed by atoms with E-state index >= 15 is 0 Å². The van der Waals surface area contributed by atoms with E-state index in [0.29, 0.717) is 29.1 Å². The molecule has 9 aliphatic rings. The molecule has 7 saturated carbocycles. The summed E-state index contributed by atoms with van der Waals surface area (Å²) in [5, 5.41) is 0. The molecule has 0 nitrogen and oxygen atoms in total. The van der Waals surface area contributed by atoms with Gasteiger partial charge < -0.3 is 14.9 Å². The Morgan fingerprint density at radius 1 is 0.688 bits per heavy atom. The molecule has 9 aliphatic carbocycles. The first-order valence-corrected chi connectivity index (χ1v) is 25.7. The van der Waals surface area contributed by atoms with Gasteiger partial charge in [-0.15, -0.1) is 0 Å². The molecule has 9 rings (SSSR count). The van der Waals surface area contributed by atoms with Crippen molar-refractivity contribution < 1.29 is 20.8 Å². The van der Waals surface area contributed by atoms with Crippen LogP contribution in [-0.4, -0.2) is 0 Å². The van der Waals surface area contributed by atoms with E-state index in [1.807, 2.05) is 0 Å². The zero-order valence-corrected chi connectivity index (χ0v) is 36.6. The Hall–Kier alpha value is 0.423. The van der Waals surface area contributed by atoms with Gasteiger partial charge in [-0.3, -0.25) is 0 Å². The van der Waals surface area contributed by atoms with Crippen LogP contribution in [-0.2, 0) is 20.8 Å². The quantitative estimate of drug-likeness (QED) is 0.251. The van der Waals surface area contributed by atoms with Gasteiger partial charge >= 0.3 is 37.9 Å². The molecule has 0 spiro atoms. The van der Waals surface area contributed by atoms with E-state index in [-0.39, 0.29) is 25.7 Å². The van der Waals surface area contributed by atoms with Gasteiger partial charge in [0.25, 0.3) is 0 Å². The van der Waals surface area contributed by atoms with Crippen LogP contribution in [0.5, 0.6) is 0 Å². The molecular formula is C45H70Cl2Zr. The molecule has 7 fully saturated rings. The number of halogens is 2. The summed E-state index contributed by atoms with van der Waals surface area (Å²) in [5.41, 5.74) is 4.80. The normalized spacial score (nSPS) is 46.3. The number of rotatable bonds is 3. The van der Waals surface area contributed by atoms with Crippen molar-refractivity contribution in [2.24, 2.45) is 98.6 Å². The Labute approximate surface area is 316 Å². The van der Waals surface area contributed by atoms with Crippen molar-refractivity contribution in [1.82, 2.24) is 0 Å². The summed E-state index contributed by atoms with van der Waals surface area (Å²) >= 11 is -0.826. The van der Waals surface area contributed by atoms with Crippen molar-refractivity contribution in [1.29, 1.82) is 0 Å². The maximum atomic E-state index is 4.93. The molecule has 9 unspecified atom stereocenters. The van der Waals surface area contributed by atoms with Crippen LogP contribution in [0.3, 0.4) is 0 Å². The van der Waals surface area contributed by atoms with Crippen molar-refractivity contribution >= 4 is 17.0 Å². The zero-order chi connectivity index (χ0) is 33.0. The zero-order valence-electron chi connectivity index (χ0n) is 32.6. The average molecular weight is 773 g/mol. The Kier molecular flexibility index (Phi) is 11.6. The topological polar surface area (TPSA) is 0 Å². The van der Waals surface area contributed by atoms with Gasteiger partial charge in [0, 0.05) is 0 Å². The number of hydrogen-bond donors (Lipinski definition) is 0. The minimum atomic E-state index is -0.826. The van der Waals surface area contributed by atoms with Gasteiger partial charge in [-0.1, -0.05) is 98.8 Å². The molecule has 0 aromatic rings. The molecule has 268 valence electrons. The Morgan fingerprint density at radius 2 is 1.12 bits per heavy atom. The van der Waals surface area contributed by atoms with E-state index in [2.05, 4.69) is 98.8 Å². The monoisotopic (exact) mass is 770 g/mol. The van der Waals surface area contributed by atoms with Crippen LogP contribution in [0.25, 0.3) is 0 Å². The molecule has 0 N–H and O–H groups in total. The first-order valence-electron chi connectivity index (χ1n) is 19.3. The summed E-state index contributed by atoms with van der Waals surface area (Å²) in [6, 6.07) is 0. The summed E-state index contributed by atoms with van der Waals surface area (Å²) < 4.78 is 0. The second-order valence-corrected chi connectivity index (χ2v) is 24.4. The van der Waals surface area contributed by atoms with Crippen LogP contribution < -0.4 is 0 Å². The third-order valence-electron chi connectivity index (χ3n) is 15.9. The fourth-order valence-corrected chi connectivity index (χ4v) is 14.4. The number of allylic oxidation sites excluding steroid dienone is 8. The summed E-state index contributed by atoms with van der Waals surface area (Å²) in [7, 11) is 9.87. The van der Waals surface area contributed by atoms with E-state index in [9.17, 15) is 0 Å². The van der Waals surface area contributed by atoms with Crippen LogP contribution >= 0.6 is 17.0 Å². The van der Waals surface area contributed by atoms with E-state index < -0.39 is 20.8 Å². The summed E-state index contributed by atoms with van der Waals surface area (Å²) in [5.74, 6) is 11.4. The fourth-order valence-electron chi connectivity index (χ4n) is 14.4. The van der Waals surface area contributed by atoms with Gasteiger partial charge in [0.1, 0.15) is 0 Å². The van der Waals surface area contributed by atoms with Crippen LogP contribution in [0.2, 0.25) is 0 Å². The van der Waals surface area contributed by atoms with Crippen LogP contribution in [0, 0.1) is 113 Å². The van der Waals surface area contributed by atoms with Crippen LogP contribution in [0.15, 0.2) is 47.6 Å². The third-order valence-corrected chi connectivity index (χ3v) is 15.9. The van der Waals surface area contributed by atoms with Gasteiger partial charge in [-0.25, -0.2) is 0 Å². The average Bonchev–Trinajstić information content (AvgIpc) is 3.62. The molecule has 0 aliphatic heterocycles. The first kappa shape index (κ1) is 39.6. The maximum absolute atomic E-state index is 4.93. The second kappa shape index (κ2) is 14.0. The van der Waals surface area contributed by atoms with Gasteiger partial charge in [0.05, 0.1) is 0 Å². The van der Waals surface area contributed by atoms with Crippen molar-refractivity contribution in [2.75, 3.05) is 0 Å². The molecule has 48 heavy (non-hydrogen) atoms. The molecule has 0 aromatic heterocycles. The van der Waals surface area contributed by atoms with Crippen molar-refractivity contribution in [3.05, 3.63) is 62.5 Å². The summed E-state index contributed by atoms with van der Waals surface area (Å²) in [4.78, 5) is 0. The van der Waals surface area contributed by atoms with Gasteiger partial charge in [-0.2, -0.15) is 0 Å². The second-order valence-electron chi connectivity index (χ2n) is 20.7. The van der Waals surface area contributed by atoms with Crippen molar-refractivity contribution in [2.45, 2.75) is 120 Å². The molecular weight excluding hydrogens is 703 g/mol. The molecule has 0 amide bonds. The van der Waals surface area contributed by atoms with Crippen LogP contribution in [0.4, 0.5) is 0 Å². The third kappa shape index (κ3) is 6.60. The van der Waals surface area contributed by atoms with Crippen LogP contribution in [0.1, 0.15) is 120 Å². The molecule has 0 heterocycles.